The van der Waals surface area contributed by atoms with Gasteiger partial charge in [0.15, 0.2) is 8.32 Å². The highest BCUT2D eigenvalue weighted by Gasteiger charge is 2.44. The van der Waals surface area contributed by atoms with E-state index in [1.807, 2.05) is 12.1 Å². The van der Waals surface area contributed by atoms with Crippen molar-refractivity contribution in [3.05, 3.63) is 29.8 Å². The van der Waals surface area contributed by atoms with Gasteiger partial charge in [0.1, 0.15) is 5.75 Å². The van der Waals surface area contributed by atoms with Gasteiger partial charge in [0.05, 0.1) is 13.7 Å². The standard InChI is InChI=1S/C23H42O3Si/c1-19(2)27(20(3)4,21(5)6)26-17-11-9-8-10-16-25-18-22-12-14-23(24-7)15-13-22/h12-15,19-21H,8-11,16-18H2,1-7H3. The molecule has 0 unspecified atom stereocenters. The first-order valence-corrected chi connectivity index (χ1v) is 12.8. The molecule has 27 heavy (non-hydrogen) atoms. The highest BCUT2D eigenvalue weighted by atomic mass is 28.4. The molecule has 1 rings (SSSR count). The lowest BCUT2D eigenvalue weighted by molar-refractivity contribution is 0.116. The Morgan fingerprint density at radius 2 is 1.26 bits per heavy atom. The van der Waals surface area contributed by atoms with Crippen LogP contribution < -0.4 is 4.74 Å². The molecular formula is C23H42O3Si. The van der Waals surface area contributed by atoms with Gasteiger partial charge in [0, 0.05) is 13.2 Å². The predicted molar refractivity (Wildman–Crippen MR) is 118 cm³/mol. The molecular weight excluding hydrogens is 352 g/mol. The molecule has 0 atom stereocenters. The second-order valence-corrected chi connectivity index (χ2v) is 13.9. The molecule has 0 saturated carbocycles. The van der Waals surface area contributed by atoms with Gasteiger partial charge in [-0.2, -0.15) is 0 Å². The van der Waals surface area contributed by atoms with Gasteiger partial charge in [-0.05, 0) is 47.2 Å². The van der Waals surface area contributed by atoms with Gasteiger partial charge in [-0.15, -0.1) is 0 Å². The third-order valence-electron chi connectivity index (χ3n) is 5.67. The minimum Gasteiger partial charge on any atom is -0.497 e. The van der Waals surface area contributed by atoms with E-state index in [1.54, 1.807) is 7.11 Å². The number of ether oxygens (including phenoxy) is 2. The van der Waals surface area contributed by atoms with Crippen LogP contribution in [0, 0.1) is 0 Å². The zero-order chi connectivity index (χ0) is 20.3. The van der Waals surface area contributed by atoms with E-state index in [2.05, 4.69) is 53.7 Å². The van der Waals surface area contributed by atoms with E-state index >= 15 is 0 Å². The second kappa shape index (κ2) is 12.6. The fourth-order valence-corrected chi connectivity index (χ4v) is 9.82. The van der Waals surface area contributed by atoms with E-state index in [-0.39, 0.29) is 0 Å². The maximum absolute atomic E-state index is 6.62. The Labute approximate surface area is 168 Å². The van der Waals surface area contributed by atoms with E-state index in [0.717, 1.165) is 25.4 Å². The molecule has 3 nitrogen and oxygen atoms in total. The van der Waals surface area contributed by atoms with Crippen molar-refractivity contribution >= 4 is 8.32 Å². The Kier molecular flexibility index (Phi) is 11.3. The Morgan fingerprint density at radius 1 is 0.741 bits per heavy atom. The van der Waals surface area contributed by atoms with Crippen molar-refractivity contribution in [2.75, 3.05) is 20.3 Å². The number of hydrogen-bond donors (Lipinski definition) is 0. The molecule has 4 heteroatoms. The molecule has 0 bridgehead atoms. The molecule has 0 radical (unpaired) electrons. The van der Waals surface area contributed by atoms with Crippen LogP contribution in [0.2, 0.25) is 16.6 Å². The topological polar surface area (TPSA) is 27.7 Å². The average Bonchev–Trinajstić information content (AvgIpc) is 2.63. The molecule has 1 aromatic carbocycles. The summed E-state index contributed by atoms with van der Waals surface area (Å²) in [4.78, 5) is 0. The molecule has 0 saturated heterocycles. The SMILES string of the molecule is COc1ccc(COCCCCCCO[Si](C(C)C)(C(C)C)C(C)C)cc1. The van der Waals surface area contributed by atoms with Crippen LogP contribution in [-0.2, 0) is 15.8 Å². The molecule has 0 spiro atoms. The van der Waals surface area contributed by atoms with Crippen molar-refractivity contribution in [3.63, 3.8) is 0 Å². The van der Waals surface area contributed by atoms with Gasteiger partial charge in [-0.25, -0.2) is 0 Å². The minimum absolute atomic E-state index is 0.670. The number of hydrogen-bond acceptors (Lipinski definition) is 3. The van der Waals surface area contributed by atoms with Crippen LogP contribution in [0.1, 0.15) is 72.8 Å². The molecule has 0 aliphatic carbocycles. The van der Waals surface area contributed by atoms with Crippen LogP contribution >= 0.6 is 0 Å². The predicted octanol–water partition coefficient (Wildman–Crippen LogP) is 6.96. The number of benzene rings is 1. The van der Waals surface area contributed by atoms with Gasteiger partial charge >= 0.3 is 0 Å². The lowest BCUT2D eigenvalue weighted by Crippen LogP contribution is -2.47. The van der Waals surface area contributed by atoms with Crippen molar-refractivity contribution < 1.29 is 13.9 Å². The second-order valence-electron chi connectivity index (χ2n) is 8.48. The number of methoxy groups -OCH3 is 1. The summed E-state index contributed by atoms with van der Waals surface area (Å²) in [5.41, 5.74) is 3.21. The lowest BCUT2D eigenvalue weighted by atomic mass is 10.2. The normalized spacial score (nSPS) is 12.4. The highest BCUT2D eigenvalue weighted by molar-refractivity contribution is 6.77. The molecule has 0 aliphatic rings. The highest BCUT2D eigenvalue weighted by Crippen LogP contribution is 2.42. The van der Waals surface area contributed by atoms with E-state index in [1.165, 1.54) is 24.8 Å². The maximum Gasteiger partial charge on any atom is 0.200 e. The van der Waals surface area contributed by atoms with Crippen LogP contribution in [-0.4, -0.2) is 28.6 Å². The quantitative estimate of drug-likeness (QED) is 0.252. The van der Waals surface area contributed by atoms with Gasteiger partial charge in [-0.1, -0.05) is 66.5 Å². The van der Waals surface area contributed by atoms with E-state index in [9.17, 15) is 0 Å². The molecule has 0 N–H and O–H groups in total. The first-order valence-electron chi connectivity index (χ1n) is 10.7. The van der Waals surface area contributed by atoms with Crippen molar-refractivity contribution in [3.8, 4) is 5.75 Å². The maximum atomic E-state index is 6.62. The third kappa shape index (κ3) is 7.59. The van der Waals surface area contributed by atoms with Gasteiger partial charge < -0.3 is 13.9 Å². The van der Waals surface area contributed by atoms with E-state index < -0.39 is 8.32 Å². The molecule has 156 valence electrons. The molecule has 0 aliphatic heterocycles. The van der Waals surface area contributed by atoms with Crippen LogP contribution in [0.4, 0.5) is 0 Å². The fraction of sp³-hybridized carbons (Fsp3) is 0.739. The summed E-state index contributed by atoms with van der Waals surface area (Å²) in [7, 11) is 0.000904. The Hall–Kier alpha value is -0.843. The van der Waals surface area contributed by atoms with Crippen molar-refractivity contribution in [2.45, 2.75) is 90.5 Å². The Bertz CT molecular complexity index is 475. The summed E-state index contributed by atoms with van der Waals surface area (Å²) >= 11 is 0. The molecule has 0 heterocycles. The molecule has 0 aromatic heterocycles. The van der Waals surface area contributed by atoms with Crippen molar-refractivity contribution in [2.24, 2.45) is 0 Å². The number of rotatable bonds is 14. The number of unbranched alkanes of at least 4 members (excludes halogenated alkanes) is 3. The smallest absolute Gasteiger partial charge is 0.200 e. The first kappa shape index (κ1) is 24.2. The zero-order valence-electron chi connectivity index (χ0n) is 18.7. The summed E-state index contributed by atoms with van der Waals surface area (Å²) in [6.07, 6.45) is 4.73. The van der Waals surface area contributed by atoms with Crippen LogP contribution in [0.5, 0.6) is 5.75 Å². The summed E-state index contributed by atoms with van der Waals surface area (Å²) < 4.78 is 17.6. The Morgan fingerprint density at radius 3 is 1.74 bits per heavy atom. The largest absolute Gasteiger partial charge is 0.497 e. The van der Waals surface area contributed by atoms with E-state index in [0.29, 0.717) is 23.2 Å². The monoisotopic (exact) mass is 394 g/mol. The average molecular weight is 395 g/mol. The summed E-state index contributed by atoms with van der Waals surface area (Å²) in [5.74, 6) is 0.889. The van der Waals surface area contributed by atoms with Gasteiger partial charge in [0.25, 0.3) is 0 Å². The van der Waals surface area contributed by atoms with E-state index in [4.69, 9.17) is 13.9 Å². The van der Waals surface area contributed by atoms with Crippen molar-refractivity contribution in [1.82, 2.24) is 0 Å². The summed E-state index contributed by atoms with van der Waals surface area (Å²) in [5, 5.41) is 0. The fourth-order valence-electron chi connectivity index (χ4n) is 4.32. The van der Waals surface area contributed by atoms with Crippen LogP contribution in [0.3, 0.4) is 0 Å². The summed E-state index contributed by atoms with van der Waals surface area (Å²) in [6.45, 7) is 16.6. The summed E-state index contributed by atoms with van der Waals surface area (Å²) in [6, 6.07) is 8.08. The lowest BCUT2D eigenvalue weighted by Gasteiger charge is -2.42. The first-order chi connectivity index (χ1) is 12.8. The minimum atomic E-state index is -1.69. The zero-order valence-corrected chi connectivity index (χ0v) is 19.7. The molecule has 1 aromatic rings. The Balaban J connectivity index is 2.15. The van der Waals surface area contributed by atoms with Crippen LogP contribution in [0.25, 0.3) is 0 Å². The van der Waals surface area contributed by atoms with Crippen molar-refractivity contribution in [1.29, 1.82) is 0 Å². The molecule has 0 fully saturated rings. The van der Waals surface area contributed by atoms with Gasteiger partial charge in [0.2, 0.25) is 0 Å². The molecule has 0 amide bonds. The van der Waals surface area contributed by atoms with Crippen LogP contribution in [0.15, 0.2) is 24.3 Å². The van der Waals surface area contributed by atoms with Gasteiger partial charge in [-0.3, -0.25) is 0 Å². The third-order valence-corrected chi connectivity index (χ3v) is 11.8.